The van der Waals surface area contributed by atoms with Crippen molar-refractivity contribution in [1.82, 2.24) is 10.3 Å². The minimum Gasteiger partial charge on any atom is -0.423 e. The van der Waals surface area contributed by atoms with Crippen LogP contribution in [0.3, 0.4) is 0 Å². The molecule has 2 aromatic carbocycles. The third kappa shape index (κ3) is 4.38. The van der Waals surface area contributed by atoms with Gasteiger partial charge < -0.3 is 15.1 Å². The van der Waals surface area contributed by atoms with Crippen LogP contribution in [-0.4, -0.2) is 18.1 Å². The van der Waals surface area contributed by atoms with E-state index in [1.807, 2.05) is 12.1 Å². The zero-order valence-corrected chi connectivity index (χ0v) is 14.3. The first-order chi connectivity index (χ1) is 11.6. The smallest absolute Gasteiger partial charge is 0.295 e. The van der Waals surface area contributed by atoms with Crippen molar-refractivity contribution in [3.8, 4) is 0 Å². The summed E-state index contributed by atoms with van der Waals surface area (Å²) in [5.41, 5.74) is 2.16. The Balaban J connectivity index is 1.39. The first kappa shape index (κ1) is 17.0. The minimum atomic E-state index is -0.336. The first-order valence-corrected chi connectivity index (χ1v) is 8.32. The quantitative estimate of drug-likeness (QED) is 0.585. The van der Waals surface area contributed by atoms with Gasteiger partial charge in [0.25, 0.3) is 6.01 Å². The SMILES string of the molecule is Fc1ccc2nc(NCCCNCc3ccc(Cl)c(Cl)c3)oc2c1. The Hall–Kier alpha value is -1.82. The zero-order valence-electron chi connectivity index (χ0n) is 12.8. The normalized spacial score (nSPS) is 11.1. The summed E-state index contributed by atoms with van der Waals surface area (Å²) >= 11 is 11.9. The maximum atomic E-state index is 13.1. The summed E-state index contributed by atoms with van der Waals surface area (Å²) in [4.78, 5) is 4.25. The predicted molar refractivity (Wildman–Crippen MR) is 95.2 cm³/mol. The van der Waals surface area contributed by atoms with E-state index in [9.17, 15) is 4.39 Å². The molecule has 2 N–H and O–H groups in total. The topological polar surface area (TPSA) is 50.1 Å². The van der Waals surface area contributed by atoms with Crippen molar-refractivity contribution in [2.24, 2.45) is 0 Å². The third-order valence-electron chi connectivity index (χ3n) is 3.47. The van der Waals surface area contributed by atoms with E-state index in [1.165, 1.54) is 12.1 Å². The molecule has 1 heterocycles. The molecule has 4 nitrogen and oxygen atoms in total. The number of hydrogen-bond donors (Lipinski definition) is 2. The van der Waals surface area contributed by atoms with Gasteiger partial charge in [-0.2, -0.15) is 4.98 Å². The van der Waals surface area contributed by atoms with Gasteiger partial charge >= 0.3 is 0 Å². The maximum absolute atomic E-state index is 13.1. The molecule has 0 aliphatic heterocycles. The van der Waals surface area contributed by atoms with Crippen molar-refractivity contribution in [2.75, 3.05) is 18.4 Å². The number of oxazole rings is 1. The number of nitrogens with zero attached hydrogens (tertiary/aromatic N) is 1. The number of hydrogen-bond acceptors (Lipinski definition) is 4. The number of nitrogens with one attached hydrogen (secondary N) is 2. The first-order valence-electron chi connectivity index (χ1n) is 7.56. The Morgan fingerprint density at radius 1 is 1.04 bits per heavy atom. The van der Waals surface area contributed by atoms with Gasteiger partial charge in [-0.25, -0.2) is 4.39 Å². The molecule has 0 saturated carbocycles. The van der Waals surface area contributed by atoms with E-state index >= 15 is 0 Å². The van der Waals surface area contributed by atoms with Crippen LogP contribution in [0.4, 0.5) is 10.4 Å². The number of anilines is 1. The Bertz CT molecular complexity index is 838. The van der Waals surface area contributed by atoms with E-state index in [0.717, 1.165) is 25.1 Å². The molecule has 24 heavy (non-hydrogen) atoms. The van der Waals surface area contributed by atoms with Gasteiger partial charge in [0.15, 0.2) is 5.58 Å². The van der Waals surface area contributed by atoms with Crippen LogP contribution in [-0.2, 0) is 6.54 Å². The highest BCUT2D eigenvalue weighted by Gasteiger charge is 2.05. The van der Waals surface area contributed by atoms with Crippen LogP contribution in [0.15, 0.2) is 40.8 Å². The highest BCUT2D eigenvalue weighted by molar-refractivity contribution is 6.42. The fraction of sp³-hybridized carbons (Fsp3) is 0.235. The largest absolute Gasteiger partial charge is 0.423 e. The van der Waals surface area contributed by atoms with Gasteiger partial charge in [-0.15, -0.1) is 0 Å². The van der Waals surface area contributed by atoms with Crippen molar-refractivity contribution >= 4 is 40.3 Å². The van der Waals surface area contributed by atoms with Crippen LogP contribution in [0.25, 0.3) is 11.1 Å². The third-order valence-corrected chi connectivity index (χ3v) is 4.21. The predicted octanol–water partition coefficient (Wildman–Crippen LogP) is 4.87. The van der Waals surface area contributed by atoms with Crippen LogP contribution in [0.1, 0.15) is 12.0 Å². The fourth-order valence-corrected chi connectivity index (χ4v) is 2.59. The van der Waals surface area contributed by atoms with E-state index in [1.54, 1.807) is 12.1 Å². The average Bonchev–Trinajstić information content (AvgIpc) is 2.95. The molecule has 3 aromatic rings. The number of aromatic nitrogens is 1. The number of rotatable bonds is 7. The van der Waals surface area contributed by atoms with Gasteiger partial charge in [-0.05, 0) is 42.8 Å². The lowest BCUT2D eigenvalue weighted by atomic mass is 10.2. The van der Waals surface area contributed by atoms with Gasteiger partial charge in [-0.3, -0.25) is 0 Å². The molecule has 0 aliphatic carbocycles. The maximum Gasteiger partial charge on any atom is 0.295 e. The van der Waals surface area contributed by atoms with Crippen LogP contribution >= 0.6 is 23.2 Å². The number of halogens is 3. The lowest BCUT2D eigenvalue weighted by molar-refractivity contribution is 0.594. The highest BCUT2D eigenvalue weighted by atomic mass is 35.5. The van der Waals surface area contributed by atoms with Gasteiger partial charge in [0.2, 0.25) is 0 Å². The molecule has 0 aliphatic rings. The molecule has 0 amide bonds. The summed E-state index contributed by atoms with van der Waals surface area (Å²) in [5.74, 6) is -0.336. The summed E-state index contributed by atoms with van der Waals surface area (Å²) in [6, 6.07) is 10.3. The molecule has 0 unspecified atom stereocenters. The molecule has 1 aromatic heterocycles. The summed E-state index contributed by atoms with van der Waals surface area (Å²) < 4.78 is 18.5. The molecule has 0 atom stereocenters. The van der Waals surface area contributed by atoms with Crippen molar-refractivity contribution in [3.63, 3.8) is 0 Å². The van der Waals surface area contributed by atoms with E-state index in [0.29, 0.717) is 33.7 Å². The van der Waals surface area contributed by atoms with Crippen LogP contribution < -0.4 is 10.6 Å². The second kappa shape index (κ2) is 7.83. The monoisotopic (exact) mass is 367 g/mol. The van der Waals surface area contributed by atoms with E-state index < -0.39 is 0 Å². The number of benzene rings is 2. The number of fused-ring (bicyclic) bond motifs is 1. The van der Waals surface area contributed by atoms with Crippen molar-refractivity contribution in [1.29, 1.82) is 0 Å². The lowest BCUT2D eigenvalue weighted by Gasteiger charge is -2.06. The van der Waals surface area contributed by atoms with E-state index in [-0.39, 0.29) is 5.82 Å². The van der Waals surface area contributed by atoms with Gasteiger partial charge in [0, 0.05) is 19.2 Å². The summed E-state index contributed by atoms with van der Waals surface area (Å²) in [5, 5.41) is 7.53. The van der Waals surface area contributed by atoms with Crippen molar-refractivity contribution in [2.45, 2.75) is 13.0 Å². The van der Waals surface area contributed by atoms with Gasteiger partial charge in [-0.1, -0.05) is 29.3 Å². The van der Waals surface area contributed by atoms with Crippen molar-refractivity contribution < 1.29 is 8.81 Å². The second-order valence-corrected chi connectivity index (χ2v) is 6.15. The minimum absolute atomic E-state index is 0.336. The van der Waals surface area contributed by atoms with Crippen LogP contribution in [0, 0.1) is 5.82 Å². The molecule has 0 fully saturated rings. The molecule has 7 heteroatoms. The Labute approximate surface area is 149 Å². The molecular weight excluding hydrogens is 352 g/mol. The molecule has 0 bridgehead atoms. The Kier molecular flexibility index (Phi) is 5.56. The van der Waals surface area contributed by atoms with Crippen molar-refractivity contribution in [3.05, 3.63) is 57.8 Å². The standard InChI is InChI=1S/C17H16Cl2FN3O/c18-13-4-2-11(8-14(13)19)10-21-6-1-7-22-17-23-15-5-3-12(20)9-16(15)24-17/h2-5,8-9,21H,1,6-7,10H2,(H,22,23). The van der Waals surface area contributed by atoms with Crippen LogP contribution in [0.5, 0.6) is 0 Å². The van der Waals surface area contributed by atoms with E-state index in [2.05, 4.69) is 15.6 Å². The average molecular weight is 368 g/mol. The van der Waals surface area contributed by atoms with Gasteiger partial charge in [0.05, 0.1) is 10.0 Å². The van der Waals surface area contributed by atoms with Gasteiger partial charge in [0.1, 0.15) is 11.3 Å². The Morgan fingerprint density at radius 3 is 2.75 bits per heavy atom. The lowest BCUT2D eigenvalue weighted by Crippen LogP contribution is -2.17. The summed E-state index contributed by atoms with van der Waals surface area (Å²) in [7, 11) is 0. The molecule has 0 spiro atoms. The summed E-state index contributed by atoms with van der Waals surface area (Å²) in [6.45, 7) is 2.24. The molecular formula is C17H16Cl2FN3O. The molecule has 126 valence electrons. The molecule has 3 rings (SSSR count). The molecule has 0 saturated heterocycles. The van der Waals surface area contributed by atoms with E-state index in [4.69, 9.17) is 27.6 Å². The van der Waals surface area contributed by atoms with Crippen LogP contribution in [0.2, 0.25) is 10.0 Å². The fourth-order valence-electron chi connectivity index (χ4n) is 2.27. The Morgan fingerprint density at radius 2 is 1.92 bits per heavy atom. The second-order valence-electron chi connectivity index (χ2n) is 5.34. The zero-order chi connectivity index (χ0) is 16.9. The highest BCUT2D eigenvalue weighted by Crippen LogP contribution is 2.22. The molecule has 0 radical (unpaired) electrons. The summed E-state index contributed by atoms with van der Waals surface area (Å²) in [6.07, 6.45) is 0.883.